The Bertz CT molecular complexity index is 622. The molecule has 0 unspecified atom stereocenters. The second-order valence-electron chi connectivity index (χ2n) is 11.8. The zero-order chi connectivity index (χ0) is 25.9. The first kappa shape index (κ1) is 31.5. The molecule has 33 heavy (non-hydrogen) atoms. The van der Waals surface area contributed by atoms with E-state index in [-0.39, 0.29) is 40.6 Å². The summed E-state index contributed by atoms with van der Waals surface area (Å²) in [4.78, 5) is 36.2. The number of ether oxygens (including phenoxy) is 1. The number of carbonyl (C=O) groups excluding carboxylic acids is 3. The normalized spacial score (nSPS) is 13.7. The van der Waals surface area contributed by atoms with Crippen LogP contribution in [0.25, 0.3) is 0 Å². The van der Waals surface area contributed by atoms with Gasteiger partial charge in [-0.3, -0.25) is 14.4 Å². The third-order valence-electron chi connectivity index (χ3n) is 5.52. The van der Waals surface area contributed by atoms with Crippen LogP contribution in [0.5, 0.6) is 0 Å². The van der Waals surface area contributed by atoms with Gasteiger partial charge in [-0.1, -0.05) is 34.6 Å². The number of hydrogen-bond donors (Lipinski definition) is 3. The third-order valence-corrected chi connectivity index (χ3v) is 5.52. The summed E-state index contributed by atoms with van der Waals surface area (Å²) >= 11 is 0. The van der Waals surface area contributed by atoms with Gasteiger partial charge in [0.1, 0.15) is 0 Å². The van der Waals surface area contributed by atoms with Gasteiger partial charge < -0.3 is 20.7 Å². The molecule has 0 bridgehead atoms. The number of amides is 2. The van der Waals surface area contributed by atoms with E-state index >= 15 is 0 Å². The molecule has 3 N–H and O–H groups in total. The molecule has 0 aromatic heterocycles. The van der Waals surface area contributed by atoms with Crippen molar-refractivity contribution >= 4 is 17.6 Å². The maximum absolute atomic E-state index is 12.7. The van der Waals surface area contributed by atoms with Gasteiger partial charge in [0.25, 0.3) is 0 Å². The minimum Gasteiger partial charge on any atom is -0.375 e. The fourth-order valence-corrected chi connectivity index (χ4v) is 3.61. The Morgan fingerprint density at radius 2 is 1.52 bits per heavy atom. The van der Waals surface area contributed by atoms with Crippen molar-refractivity contribution in [2.24, 2.45) is 5.41 Å². The first-order valence-corrected chi connectivity index (χ1v) is 12.4. The van der Waals surface area contributed by atoms with E-state index in [2.05, 4.69) is 29.8 Å². The van der Waals surface area contributed by atoms with Crippen LogP contribution in [0.3, 0.4) is 0 Å². The summed E-state index contributed by atoms with van der Waals surface area (Å²) in [6.07, 6.45) is 4.23. The van der Waals surface area contributed by atoms with Crippen LogP contribution >= 0.6 is 0 Å². The fourth-order valence-electron chi connectivity index (χ4n) is 3.61. The highest BCUT2D eigenvalue weighted by Crippen LogP contribution is 2.20. The number of rotatable bonds is 16. The zero-order valence-corrected chi connectivity index (χ0v) is 22.9. The van der Waals surface area contributed by atoms with Gasteiger partial charge in [-0.15, -0.1) is 0 Å². The molecule has 0 saturated carbocycles. The highest BCUT2D eigenvalue weighted by Gasteiger charge is 2.29. The fraction of sp³-hybridized carbons (Fsp3) is 0.885. The summed E-state index contributed by atoms with van der Waals surface area (Å²) in [6, 6.07) is 0.109. The Balaban J connectivity index is 4.23. The van der Waals surface area contributed by atoms with Crippen molar-refractivity contribution < 1.29 is 19.1 Å². The van der Waals surface area contributed by atoms with Crippen LogP contribution in [0.2, 0.25) is 0 Å². The molecule has 0 aliphatic rings. The highest BCUT2D eigenvalue weighted by atomic mass is 16.5. The van der Waals surface area contributed by atoms with E-state index in [1.165, 1.54) is 6.92 Å². The van der Waals surface area contributed by atoms with Crippen molar-refractivity contribution in [3.63, 3.8) is 0 Å². The SMILES string of the molecule is CC(=O)NC(C)(C)CCOC(C)(C)CCC(=O)NCCCC[C@H](NC(C)C)C(=O)C(C)(C)C. The maximum atomic E-state index is 12.7. The molecule has 0 rings (SSSR count). The minimum atomic E-state index is -0.410. The third kappa shape index (κ3) is 15.9. The van der Waals surface area contributed by atoms with Crippen LogP contribution in [0.1, 0.15) is 108 Å². The highest BCUT2D eigenvalue weighted by molar-refractivity contribution is 5.88. The van der Waals surface area contributed by atoms with Crippen molar-refractivity contribution in [1.82, 2.24) is 16.0 Å². The molecule has 2 amide bonds. The Morgan fingerprint density at radius 3 is 2.03 bits per heavy atom. The number of hydrogen-bond acceptors (Lipinski definition) is 5. The van der Waals surface area contributed by atoms with Crippen molar-refractivity contribution in [2.75, 3.05) is 13.2 Å². The van der Waals surface area contributed by atoms with E-state index in [0.717, 1.165) is 19.3 Å². The van der Waals surface area contributed by atoms with Crippen LogP contribution in [0.4, 0.5) is 0 Å². The lowest BCUT2D eigenvalue weighted by Crippen LogP contribution is -2.45. The Kier molecular flexibility index (Phi) is 13.4. The van der Waals surface area contributed by atoms with Gasteiger partial charge in [0.15, 0.2) is 5.78 Å². The van der Waals surface area contributed by atoms with Gasteiger partial charge in [-0.25, -0.2) is 0 Å². The van der Waals surface area contributed by atoms with Crippen LogP contribution in [-0.2, 0) is 19.1 Å². The molecule has 7 heteroatoms. The van der Waals surface area contributed by atoms with Gasteiger partial charge in [-0.05, 0) is 59.8 Å². The van der Waals surface area contributed by atoms with Crippen LogP contribution in [0.15, 0.2) is 0 Å². The van der Waals surface area contributed by atoms with Crippen molar-refractivity contribution in [3.8, 4) is 0 Å². The van der Waals surface area contributed by atoms with Gasteiger partial charge >= 0.3 is 0 Å². The minimum absolute atomic E-state index is 0.0212. The van der Waals surface area contributed by atoms with Gasteiger partial charge in [0, 0.05) is 43.5 Å². The molecule has 0 saturated heterocycles. The van der Waals surface area contributed by atoms with Gasteiger partial charge in [-0.2, -0.15) is 0 Å². The first-order valence-electron chi connectivity index (χ1n) is 12.4. The van der Waals surface area contributed by atoms with Crippen molar-refractivity contribution in [3.05, 3.63) is 0 Å². The van der Waals surface area contributed by atoms with Gasteiger partial charge in [0.2, 0.25) is 11.8 Å². The first-order chi connectivity index (χ1) is 14.9. The molecule has 194 valence electrons. The van der Waals surface area contributed by atoms with Crippen LogP contribution in [-0.4, -0.2) is 54.0 Å². The van der Waals surface area contributed by atoms with Crippen LogP contribution < -0.4 is 16.0 Å². The number of unbranched alkanes of at least 4 members (excludes halogenated alkanes) is 1. The standard InChI is InChI=1S/C26H51N3O4/c1-19(2)28-21(23(32)24(4,5)6)13-11-12-17-27-22(31)14-15-26(9,10)33-18-16-25(7,8)29-20(3)30/h19,21,28H,11-18H2,1-10H3,(H,27,31)(H,29,30)/t21-/m0/s1. The van der Waals surface area contributed by atoms with E-state index in [9.17, 15) is 14.4 Å². The molecular weight excluding hydrogens is 418 g/mol. The average Bonchev–Trinajstić information content (AvgIpc) is 2.62. The predicted octanol–water partition coefficient (Wildman–Crippen LogP) is 4.13. The summed E-state index contributed by atoms with van der Waals surface area (Å²) in [5, 5.41) is 9.28. The number of carbonyl (C=O) groups is 3. The molecule has 0 fully saturated rings. The van der Waals surface area contributed by atoms with Crippen molar-refractivity contribution in [2.45, 2.75) is 131 Å². The van der Waals surface area contributed by atoms with Crippen LogP contribution in [0, 0.1) is 5.41 Å². The lowest BCUT2D eigenvalue weighted by molar-refractivity contribution is -0.129. The molecule has 7 nitrogen and oxygen atoms in total. The Labute approximate surface area is 202 Å². The van der Waals surface area contributed by atoms with E-state index in [1.807, 2.05) is 48.5 Å². The van der Waals surface area contributed by atoms with Gasteiger partial charge in [0.05, 0.1) is 11.6 Å². The predicted molar refractivity (Wildman–Crippen MR) is 135 cm³/mol. The second-order valence-corrected chi connectivity index (χ2v) is 11.8. The van der Waals surface area contributed by atoms with E-state index in [4.69, 9.17) is 4.74 Å². The topological polar surface area (TPSA) is 96.5 Å². The largest absolute Gasteiger partial charge is 0.375 e. The summed E-state index contributed by atoms with van der Waals surface area (Å²) in [5.41, 5.74) is -1.09. The molecular formula is C26H51N3O4. The molecule has 0 radical (unpaired) electrons. The Hall–Kier alpha value is -1.47. The summed E-state index contributed by atoms with van der Waals surface area (Å²) in [7, 11) is 0. The average molecular weight is 470 g/mol. The quantitative estimate of drug-likeness (QED) is 0.295. The van der Waals surface area contributed by atoms with Crippen molar-refractivity contribution in [1.29, 1.82) is 0 Å². The summed E-state index contributed by atoms with van der Waals surface area (Å²) < 4.78 is 5.98. The second kappa shape index (κ2) is 14.1. The summed E-state index contributed by atoms with van der Waals surface area (Å²) in [6.45, 7) is 20.5. The number of Topliss-reactive ketones (excluding diaryl/α,β-unsaturated/α-hetero) is 1. The zero-order valence-electron chi connectivity index (χ0n) is 22.9. The maximum Gasteiger partial charge on any atom is 0.220 e. The molecule has 0 heterocycles. The molecule has 0 aliphatic heterocycles. The number of nitrogens with one attached hydrogen (secondary N) is 3. The molecule has 1 atom stereocenters. The van der Waals surface area contributed by atoms with E-state index in [1.54, 1.807) is 0 Å². The Morgan fingerprint density at radius 1 is 0.909 bits per heavy atom. The smallest absolute Gasteiger partial charge is 0.220 e. The molecule has 0 aromatic carbocycles. The monoisotopic (exact) mass is 469 g/mol. The molecule has 0 aromatic rings. The molecule has 0 spiro atoms. The van der Waals surface area contributed by atoms with E-state index < -0.39 is 5.60 Å². The molecule has 0 aliphatic carbocycles. The lowest BCUT2D eigenvalue weighted by Gasteiger charge is -2.30. The number of ketones is 1. The van der Waals surface area contributed by atoms with E-state index in [0.29, 0.717) is 32.4 Å². The lowest BCUT2D eigenvalue weighted by atomic mass is 9.84. The summed E-state index contributed by atoms with van der Waals surface area (Å²) in [5.74, 6) is 0.208.